The van der Waals surface area contributed by atoms with Gasteiger partial charge in [-0.15, -0.1) is 11.6 Å². The Morgan fingerprint density at radius 2 is 1.85 bits per heavy atom. The molecule has 1 unspecified atom stereocenters. The van der Waals surface area contributed by atoms with Crippen LogP contribution in [-0.4, -0.2) is 13.2 Å². The Morgan fingerprint density at radius 1 is 1.05 bits per heavy atom. The maximum absolute atomic E-state index is 13.2. The van der Waals surface area contributed by atoms with Crippen LogP contribution in [0.1, 0.15) is 16.5 Å². The molecule has 0 spiro atoms. The third-order valence-corrected chi connectivity index (χ3v) is 3.64. The summed E-state index contributed by atoms with van der Waals surface area (Å²) in [5.41, 5.74) is 1.82. The summed E-state index contributed by atoms with van der Waals surface area (Å²) < 4.78 is 24.2. The molecule has 2 aromatic rings. The van der Waals surface area contributed by atoms with E-state index in [4.69, 9.17) is 21.1 Å². The number of alkyl halides is 1. The van der Waals surface area contributed by atoms with Crippen LogP contribution >= 0.6 is 11.6 Å². The second kappa shape index (κ2) is 5.71. The van der Waals surface area contributed by atoms with Crippen LogP contribution in [0.15, 0.2) is 42.5 Å². The van der Waals surface area contributed by atoms with Gasteiger partial charge in [0.05, 0.1) is 5.38 Å². The molecule has 1 atom stereocenters. The van der Waals surface area contributed by atoms with E-state index in [0.29, 0.717) is 19.6 Å². The molecule has 4 heteroatoms. The molecule has 0 N–H and O–H groups in total. The van der Waals surface area contributed by atoms with Gasteiger partial charge in [0.1, 0.15) is 19.0 Å². The number of rotatable bonds is 3. The van der Waals surface area contributed by atoms with Crippen molar-refractivity contribution in [3.63, 3.8) is 0 Å². The van der Waals surface area contributed by atoms with E-state index in [1.807, 2.05) is 24.3 Å². The van der Waals surface area contributed by atoms with Gasteiger partial charge in [0.2, 0.25) is 0 Å². The van der Waals surface area contributed by atoms with Gasteiger partial charge in [0.15, 0.2) is 11.5 Å². The fourth-order valence-corrected chi connectivity index (χ4v) is 2.56. The highest BCUT2D eigenvalue weighted by molar-refractivity contribution is 6.21. The molecule has 0 fully saturated rings. The zero-order valence-corrected chi connectivity index (χ0v) is 11.6. The second-order valence-electron chi connectivity index (χ2n) is 4.70. The van der Waals surface area contributed by atoms with E-state index >= 15 is 0 Å². The molecule has 2 nitrogen and oxygen atoms in total. The highest BCUT2D eigenvalue weighted by atomic mass is 35.5. The Bertz CT molecular complexity index is 615. The van der Waals surface area contributed by atoms with E-state index in [1.165, 1.54) is 12.1 Å². The molecule has 0 aliphatic carbocycles. The summed E-state index contributed by atoms with van der Waals surface area (Å²) in [7, 11) is 0. The van der Waals surface area contributed by atoms with E-state index in [1.54, 1.807) is 6.07 Å². The summed E-state index contributed by atoms with van der Waals surface area (Å²) in [4.78, 5) is 0. The van der Waals surface area contributed by atoms with Crippen LogP contribution in [0, 0.1) is 5.82 Å². The SMILES string of the molecule is Fc1cccc(CC(Cl)c2ccc3c(c2)OCCO3)c1. The molecule has 0 saturated carbocycles. The van der Waals surface area contributed by atoms with Gasteiger partial charge in [-0.1, -0.05) is 18.2 Å². The molecular formula is C16H14ClFO2. The van der Waals surface area contributed by atoms with Gasteiger partial charge in [-0.05, 0) is 41.8 Å². The molecule has 2 aromatic carbocycles. The first-order valence-corrected chi connectivity index (χ1v) is 6.94. The number of halogens is 2. The third-order valence-electron chi connectivity index (χ3n) is 3.23. The predicted octanol–water partition coefficient (Wildman–Crippen LogP) is 4.12. The molecular weight excluding hydrogens is 279 g/mol. The van der Waals surface area contributed by atoms with Gasteiger partial charge in [-0.3, -0.25) is 0 Å². The lowest BCUT2D eigenvalue weighted by Gasteiger charge is -2.20. The number of hydrogen-bond acceptors (Lipinski definition) is 2. The van der Waals surface area contributed by atoms with Crippen LogP contribution in [0.3, 0.4) is 0 Å². The Kier molecular flexibility index (Phi) is 3.79. The van der Waals surface area contributed by atoms with Crippen molar-refractivity contribution in [3.8, 4) is 11.5 Å². The maximum Gasteiger partial charge on any atom is 0.161 e. The van der Waals surface area contributed by atoms with Gasteiger partial charge in [-0.25, -0.2) is 4.39 Å². The summed E-state index contributed by atoms with van der Waals surface area (Å²) >= 11 is 6.42. The molecule has 3 rings (SSSR count). The minimum atomic E-state index is -0.242. The zero-order chi connectivity index (χ0) is 13.9. The average molecular weight is 293 g/mol. The van der Waals surface area contributed by atoms with E-state index < -0.39 is 0 Å². The smallest absolute Gasteiger partial charge is 0.161 e. The lowest BCUT2D eigenvalue weighted by atomic mass is 10.0. The molecule has 20 heavy (non-hydrogen) atoms. The minimum absolute atomic E-state index is 0.229. The maximum atomic E-state index is 13.2. The molecule has 104 valence electrons. The van der Waals surface area contributed by atoms with Crippen molar-refractivity contribution in [2.45, 2.75) is 11.8 Å². The van der Waals surface area contributed by atoms with E-state index in [-0.39, 0.29) is 11.2 Å². The lowest BCUT2D eigenvalue weighted by Crippen LogP contribution is -2.15. The third kappa shape index (κ3) is 2.88. The molecule has 0 amide bonds. The number of benzene rings is 2. The van der Waals surface area contributed by atoms with Crippen LogP contribution in [0.4, 0.5) is 4.39 Å². The van der Waals surface area contributed by atoms with Crippen LogP contribution in [-0.2, 0) is 6.42 Å². The summed E-state index contributed by atoms with van der Waals surface area (Å²) in [6.45, 7) is 1.12. The quantitative estimate of drug-likeness (QED) is 0.792. The molecule has 0 bridgehead atoms. The van der Waals surface area contributed by atoms with Crippen LogP contribution in [0.2, 0.25) is 0 Å². The fraction of sp³-hybridized carbons (Fsp3) is 0.250. The molecule has 0 saturated heterocycles. The van der Waals surface area contributed by atoms with Crippen molar-refractivity contribution in [3.05, 3.63) is 59.4 Å². The summed E-state index contributed by atoms with van der Waals surface area (Å²) in [6, 6.07) is 12.2. The van der Waals surface area contributed by atoms with Crippen molar-refractivity contribution in [2.24, 2.45) is 0 Å². The standard InChI is InChI=1S/C16H14ClFO2/c17-14(9-11-2-1-3-13(18)8-11)12-4-5-15-16(10-12)20-7-6-19-15/h1-5,8,10,14H,6-7,9H2. The average Bonchev–Trinajstić information content (AvgIpc) is 2.47. The Morgan fingerprint density at radius 3 is 2.65 bits per heavy atom. The van der Waals surface area contributed by atoms with E-state index in [0.717, 1.165) is 22.6 Å². The van der Waals surface area contributed by atoms with Crippen LogP contribution < -0.4 is 9.47 Å². The topological polar surface area (TPSA) is 18.5 Å². The number of ether oxygens (including phenoxy) is 2. The molecule has 0 radical (unpaired) electrons. The lowest BCUT2D eigenvalue weighted by molar-refractivity contribution is 0.171. The summed E-state index contributed by atoms with van der Waals surface area (Å²) in [6.07, 6.45) is 0.568. The Balaban J connectivity index is 1.78. The number of hydrogen-bond donors (Lipinski definition) is 0. The van der Waals surface area contributed by atoms with Gasteiger partial charge in [-0.2, -0.15) is 0 Å². The zero-order valence-electron chi connectivity index (χ0n) is 10.8. The van der Waals surface area contributed by atoms with Gasteiger partial charge in [0, 0.05) is 0 Å². The first kappa shape index (κ1) is 13.3. The second-order valence-corrected chi connectivity index (χ2v) is 5.23. The van der Waals surface area contributed by atoms with Gasteiger partial charge in [0.25, 0.3) is 0 Å². The van der Waals surface area contributed by atoms with Crippen molar-refractivity contribution in [1.29, 1.82) is 0 Å². The summed E-state index contributed by atoms with van der Waals surface area (Å²) in [5.74, 6) is 1.22. The van der Waals surface area contributed by atoms with Crippen molar-refractivity contribution >= 4 is 11.6 Å². The first-order chi connectivity index (χ1) is 9.72. The normalized spacial score (nSPS) is 14.9. The van der Waals surface area contributed by atoms with E-state index in [2.05, 4.69) is 0 Å². The first-order valence-electron chi connectivity index (χ1n) is 6.50. The summed E-state index contributed by atoms with van der Waals surface area (Å²) in [5, 5.41) is -0.229. The Labute approximate surface area is 122 Å². The van der Waals surface area contributed by atoms with E-state index in [9.17, 15) is 4.39 Å². The molecule has 1 aliphatic rings. The largest absolute Gasteiger partial charge is 0.486 e. The minimum Gasteiger partial charge on any atom is -0.486 e. The molecule has 1 aliphatic heterocycles. The van der Waals surface area contributed by atoms with Crippen molar-refractivity contribution in [2.75, 3.05) is 13.2 Å². The monoisotopic (exact) mass is 292 g/mol. The van der Waals surface area contributed by atoms with Crippen molar-refractivity contribution < 1.29 is 13.9 Å². The molecule has 0 aromatic heterocycles. The Hall–Kier alpha value is -1.74. The van der Waals surface area contributed by atoms with Gasteiger partial charge < -0.3 is 9.47 Å². The predicted molar refractivity (Wildman–Crippen MR) is 76.1 cm³/mol. The van der Waals surface area contributed by atoms with Gasteiger partial charge >= 0.3 is 0 Å². The van der Waals surface area contributed by atoms with Crippen molar-refractivity contribution in [1.82, 2.24) is 0 Å². The van der Waals surface area contributed by atoms with Crippen LogP contribution in [0.25, 0.3) is 0 Å². The number of fused-ring (bicyclic) bond motifs is 1. The fourth-order valence-electron chi connectivity index (χ4n) is 2.24. The highest BCUT2D eigenvalue weighted by Crippen LogP contribution is 2.35. The highest BCUT2D eigenvalue weighted by Gasteiger charge is 2.16. The molecule has 1 heterocycles. The van der Waals surface area contributed by atoms with Crippen LogP contribution in [0.5, 0.6) is 11.5 Å².